The molecule has 17 heavy (non-hydrogen) atoms. The zero-order chi connectivity index (χ0) is 12.3. The molecule has 0 saturated carbocycles. The molecule has 1 aliphatic rings. The van der Waals surface area contributed by atoms with Crippen LogP contribution in [-0.4, -0.2) is 34.2 Å². The van der Waals surface area contributed by atoms with Gasteiger partial charge in [-0.05, 0) is 43.6 Å². The van der Waals surface area contributed by atoms with Crippen LogP contribution in [0, 0.1) is 0 Å². The molecule has 0 spiro atoms. The Morgan fingerprint density at radius 2 is 1.94 bits per heavy atom. The number of piperidine rings is 1. The van der Waals surface area contributed by atoms with Crippen molar-refractivity contribution in [3.8, 4) is 5.75 Å². The normalized spacial score (nSPS) is 16.9. The van der Waals surface area contributed by atoms with Crippen molar-refractivity contribution in [3.05, 3.63) is 29.3 Å². The summed E-state index contributed by atoms with van der Waals surface area (Å²) in [4.78, 5) is 13.2. The van der Waals surface area contributed by atoms with Crippen LogP contribution in [0.4, 0.5) is 0 Å². The van der Waals surface area contributed by atoms with E-state index in [1.165, 1.54) is 25.3 Å². The SMILES string of the molecule is O=C(O)c1cc(CN2CCCCC2)ccc1O. The van der Waals surface area contributed by atoms with Crippen LogP contribution >= 0.6 is 0 Å². The zero-order valence-electron chi connectivity index (χ0n) is 9.72. The number of carbonyl (C=O) groups is 1. The van der Waals surface area contributed by atoms with Crippen LogP contribution in [0.1, 0.15) is 35.2 Å². The Morgan fingerprint density at radius 3 is 2.59 bits per heavy atom. The fraction of sp³-hybridized carbons (Fsp3) is 0.462. The van der Waals surface area contributed by atoms with Gasteiger partial charge in [0.15, 0.2) is 0 Å². The highest BCUT2D eigenvalue weighted by Crippen LogP contribution is 2.20. The average molecular weight is 235 g/mol. The van der Waals surface area contributed by atoms with Crippen LogP contribution < -0.4 is 0 Å². The summed E-state index contributed by atoms with van der Waals surface area (Å²) in [6.07, 6.45) is 3.71. The molecule has 1 fully saturated rings. The quantitative estimate of drug-likeness (QED) is 0.842. The number of carboxylic acid groups (broad SMARTS) is 1. The first-order valence-electron chi connectivity index (χ1n) is 5.94. The highest BCUT2D eigenvalue weighted by molar-refractivity contribution is 5.90. The number of hydrogen-bond donors (Lipinski definition) is 2. The van der Waals surface area contributed by atoms with E-state index in [1.54, 1.807) is 12.1 Å². The number of phenols is 1. The van der Waals surface area contributed by atoms with E-state index in [0.29, 0.717) is 0 Å². The first-order valence-corrected chi connectivity index (χ1v) is 5.94. The van der Waals surface area contributed by atoms with Gasteiger partial charge < -0.3 is 10.2 Å². The van der Waals surface area contributed by atoms with Gasteiger partial charge in [-0.3, -0.25) is 4.90 Å². The molecule has 2 N–H and O–H groups in total. The van der Waals surface area contributed by atoms with E-state index in [4.69, 9.17) is 5.11 Å². The smallest absolute Gasteiger partial charge is 0.339 e. The molecule has 4 heteroatoms. The van der Waals surface area contributed by atoms with Gasteiger partial charge in [0, 0.05) is 6.54 Å². The maximum absolute atomic E-state index is 10.9. The second-order valence-electron chi connectivity index (χ2n) is 4.49. The third kappa shape index (κ3) is 2.97. The lowest BCUT2D eigenvalue weighted by atomic mass is 10.1. The minimum absolute atomic E-state index is 0.0143. The summed E-state index contributed by atoms with van der Waals surface area (Å²) >= 11 is 0. The van der Waals surface area contributed by atoms with Gasteiger partial charge in [-0.2, -0.15) is 0 Å². The van der Waals surface area contributed by atoms with Gasteiger partial charge in [0.25, 0.3) is 0 Å². The fourth-order valence-electron chi connectivity index (χ4n) is 2.23. The van der Waals surface area contributed by atoms with E-state index >= 15 is 0 Å². The number of rotatable bonds is 3. The third-order valence-corrected chi connectivity index (χ3v) is 3.15. The average Bonchev–Trinajstić information content (AvgIpc) is 2.32. The van der Waals surface area contributed by atoms with Crippen LogP contribution in [0.15, 0.2) is 18.2 Å². The molecule has 2 rings (SSSR count). The predicted octanol–water partition coefficient (Wildman–Crippen LogP) is 2.08. The van der Waals surface area contributed by atoms with Crippen LogP contribution in [-0.2, 0) is 6.54 Å². The Hall–Kier alpha value is -1.55. The molecule has 4 nitrogen and oxygen atoms in total. The topological polar surface area (TPSA) is 60.8 Å². The Kier molecular flexibility index (Phi) is 3.64. The standard InChI is InChI=1S/C13H17NO3/c15-12-5-4-10(8-11(12)13(16)17)9-14-6-2-1-3-7-14/h4-5,8,15H,1-3,6-7,9H2,(H,16,17). The highest BCUT2D eigenvalue weighted by Gasteiger charge is 2.13. The summed E-state index contributed by atoms with van der Waals surface area (Å²) in [5.74, 6) is -1.25. The summed E-state index contributed by atoms with van der Waals surface area (Å²) in [5, 5.41) is 18.3. The van der Waals surface area contributed by atoms with Crippen molar-refractivity contribution < 1.29 is 15.0 Å². The number of carboxylic acids is 1. The maximum atomic E-state index is 10.9. The molecule has 0 aliphatic carbocycles. The number of likely N-dealkylation sites (tertiary alicyclic amines) is 1. The van der Waals surface area contributed by atoms with E-state index < -0.39 is 5.97 Å². The molecule has 0 aromatic heterocycles. The Balaban J connectivity index is 2.10. The van der Waals surface area contributed by atoms with Crippen molar-refractivity contribution >= 4 is 5.97 Å². The molecule has 92 valence electrons. The summed E-state index contributed by atoms with van der Waals surface area (Å²) in [6.45, 7) is 2.91. The van der Waals surface area contributed by atoms with Gasteiger partial charge >= 0.3 is 5.97 Å². The lowest BCUT2D eigenvalue weighted by molar-refractivity contribution is 0.0693. The second-order valence-corrected chi connectivity index (χ2v) is 4.49. The Labute approximate surface area is 100 Å². The lowest BCUT2D eigenvalue weighted by Crippen LogP contribution is -2.29. The monoisotopic (exact) mass is 235 g/mol. The summed E-state index contributed by atoms with van der Waals surface area (Å²) in [6, 6.07) is 4.81. The van der Waals surface area contributed by atoms with Gasteiger partial charge in [0.05, 0.1) is 0 Å². The van der Waals surface area contributed by atoms with E-state index in [0.717, 1.165) is 25.2 Å². The molecule has 0 atom stereocenters. The molecule has 0 radical (unpaired) electrons. The highest BCUT2D eigenvalue weighted by atomic mass is 16.4. The number of nitrogens with zero attached hydrogens (tertiary/aromatic N) is 1. The van der Waals surface area contributed by atoms with Crippen LogP contribution in [0.25, 0.3) is 0 Å². The molecule has 1 aromatic rings. The Morgan fingerprint density at radius 1 is 1.24 bits per heavy atom. The van der Waals surface area contributed by atoms with Crippen LogP contribution in [0.5, 0.6) is 5.75 Å². The zero-order valence-corrected chi connectivity index (χ0v) is 9.72. The van der Waals surface area contributed by atoms with Crippen LogP contribution in [0.3, 0.4) is 0 Å². The number of hydrogen-bond acceptors (Lipinski definition) is 3. The second kappa shape index (κ2) is 5.19. The van der Waals surface area contributed by atoms with Crippen molar-refractivity contribution in [1.82, 2.24) is 4.90 Å². The van der Waals surface area contributed by atoms with E-state index in [1.807, 2.05) is 0 Å². The van der Waals surface area contributed by atoms with Gasteiger partial charge in [0.1, 0.15) is 11.3 Å². The molecule has 0 unspecified atom stereocenters. The number of benzene rings is 1. The molecule has 1 aliphatic heterocycles. The molecule has 0 amide bonds. The van der Waals surface area contributed by atoms with Gasteiger partial charge in [-0.25, -0.2) is 4.79 Å². The minimum atomic E-state index is -1.08. The molecule has 1 saturated heterocycles. The van der Waals surface area contributed by atoms with Gasteiger partial charge in [-0.15, -0.1) is 0 Å². The van der Waals surface area contributed by atoms with E-state index in [-0.39, 0.29) is 11.3 Å². The molecular formula is C13H17NO3. The van der Waals surface area contributed by atoms with E-state index in [9.17, 15) is 9.90 Å². The maximum Gasteiger partial charge on any atom is 0.339 e. The molecule has 1 heterocycles. The minimum Gasteiger partial charge on any atom is -0.507 e. The van der Waals surface area contributed by atoms with Gasteiger partial charge in [-0.1, -0.05) is 12.5 Å². The summed E-state index contributed by atoms with van der Waals surface area (Å²) < 4.78 is 0. The molecule has 1 aromatic carbocycles. The van der Waals surface area contributed by atoms with Crippen molar-refractivity contribution in [2.45, 2.75) is 25.8 Å². The largest absolute Gasteiger partial charge is 0.507 e. The first kappa shape index (κ1) is 11.9. The fourth-order valence-corrected chi connectivity index (χ4v) is 2.23. The first-order chi connectivity index (χ1) is 8.16. The van der Waals surface area contributed by atoms with Crippen molar-refractivity contribution in [2.24, 2.45) is 0 Å². The van der Waals surface area contributed by atoms with Gasteiger partial charge in [0.2, 0.25) is 0 Å². The van der Waals surface area contributed by atoms with Crippen LogP contribution in [0.2, 0.25) is 0 Å². The van der Waals surface area contributed by atoms with Crippen molar-refractivity contribution in [2.75, 3.05) is 13.1 Å². The van der Waals surface area contributed by atoms with Crippen molar-refractivity contribution in [3.63, 3.8) is 0 Å². The third-order valence-electron chi connectivity index (χ3n) is 3.15. The Bertz CT molecular complexity index is 411. The molecule has 0 bridgehead atoms. The summed E-state index contributed by atoms with van der Waals surface area (Å²) in [5.41, 5.74) is 0.932. The lowest BCUT2D eigenvalue weighted by Gasteiger charge is -2.26. The van der Waals surface area contributed by atoms with Crippen molar-refractivity contribution in [1.29, 1.82) is 0 Å². The molecular weight excluding hydrogens is 218 g/mol. The predicted molar refractivity (Wildman–Crippen MR) is 64.2 cm³/mol. The van der Waals surface area contributed by atoms with E-state index in [2.05, 4.69) is 4.90 Å². The number of aromatic hydroxyl groups is 1. The summed E-state index contributed by atoms with van der Waals surface area (Å²) in [7, 11) is 0. The number of aromatic carboxylic acids is 1.